The van der Waals surface area contributed by atoms with Crippen molar-refractivity contribution in [3.63, 3.8) is 0 Å². The lowest BCUT2D eigenvalue weighted by atomic mass is 9.94. The minimum absolute atomic E-state index is 0.181. The Morgan fingerprint density at radius 3 is 1.40 bits per heavy atom. The lowest BCUT2D eigenvalue weighted by molar-refractivity contribution is -0.141. The molecule has 2 amide bonds. The average Bonchev–Trinajstić information content (AvgIpc) is 3.13. The SMILES string of the molecule is COc1cc(C(=O)Nc2cccc(-c3cccc(NC(=O)c4cc(OC)c(CNCCOC(C)=O)cn4)c3C)c2C)ncc1CNCCOC(C)=O. The standard InChI is InChI=1S/C38H44N6O8/c1-23-29(9-7-11-31(23)43-37(47)33-17-35(49-5)27(21-41-33)19-39-13-15-51-25(3)45)30-10-8-12-32(24(30)2)44-38(48)34-18-36(50-6)28(22-42-34)20-40-14-16-52-26(4)46/h7-12,17-18,21-22,39-40H,13-16,19-20H2,1-6H3,(H,43,47)(H,44,48). The van der Waals surface area contributed by atoms with Crippen LogP contribution in [-0.4, -0.2) is 74.2 Å². The van der Waals surface area contributed by atoms with E-state index in [9.17, 15) is 19.2 Å². The van der Waals surface area contributed by atoms with Crippen LogP contribution in [0.4, 0.5) is 11.4 Å². The molecule has 2 aromatic carbocycles. The van der Waals surface area contributed by atoms with Gasteiger partial charge in [-0.1, -0.05) is 24.3 Å². The van der Waals surface area contributed by atoms with Crippen LogP contribution in [0.25, 0.3) is 11.1 Å². The van der Waals surface area contributed by atoms with Gasteiger partial charge in [0, 0.05) is 87.1 Å². The summed E-state index contributed by atoms with van der Waals surface area (Å²) in [4.78, 5) is 57.3. The van der Waals surface area contributed by atoms with E-state index in [2.05, 4.69) is 31.2 Å². The van der Waals surface area contributed by atoms with Crippen molar-refractivity contribution in [2.24, 2.45) is 0 Å². The normalized spacial score (nSPS) is 10.7. The molecule has 0 bridgehead atoms. The number of aromatic nitrogens is 2. The number of anilines is 2. The Labute approximate surface area is 302 Å². The second kappa shape index (κ2) is 18.9. The van der Waals surface area contributed by atoms with Crippen molar-refractivity contribution in [1.82, 2.24) is 20.6 Å². The minimum Gasteiger partial charge on any atom is -0.496 e. The molecule has 0 fully saturated rings. The third-order valence-electron chi connectivity index (χ3n) is 8.05. The molecule has 0 aliphatic heterocycles. The van der Waals surface area contributed by atoms with Gasteiger partial charge in [0.2, 0.25) is 0 Å². The summed E-state index contributed by atoms with van der Waals surface area (Å²) in [7, 11) is 3.04. The van der Waals surface area contributed by atoms with Gasteiger partial charge in [0.1, 0.15) is 36.1 Å². The molecular weight excluding hydrogens is 668 g/mol. The number of hydrogen-bond donors (Lipinski definition) is 4. The van der Waals surface area contributed by atoms with Crippen molar-refractivity contribution in [1.29, 1.82) is 0 Å². The Hall–Kier alpha value is -5.86. The predicted molar refractivity (Wildman–Crippen MR) is 196 cm³/mol. The summed E-state index contributed by atoms with van der Waals surface area (Å²) in [6.07, 6.45) is 3.15. The second-order valence-corrected chi connectivity index (χ2v) is 11.7. The first-order valence-corrected chi connectivity index (χ1v) is 16.6. The molecule has 0 radical (unpaired) electrons. The second-order valence-electron chi connectivity index (χ2n) is 11.7. The molecule has 0 aliphatic rings. The topological polar surface area (TPSA) is 179 Å². The highest BCUT2D eigenvalue weighted by Crippen LogP contribution is 2.34. The van der Waals surface area contributed by atoms with Crippen molar-refractivity contribution in [3.8, 4) is 22.6 Å². The number of nitrogens with one attached hydrogen (secondary N) is 4. The number of esters is 2. The maximum atomic E-state index is 13.3. The van der Waals surface area contributed by atoms with Gasteiger partial charge in [0.05, 0.1) is 14.2 Å². The molecule has 4 rings (SSSR count). The summed E-state index contributed by atoms with van der Waals surface area (Å²) in [5.74, 6) is -0.507. The van der Waals surface area contributed by atoms with E-state index in [4.69, 9.17) is 18.9 Å². The minimum atomic E-state index is -0.405. The molecule has 0 saturated heterocycles. The molecule has 2 aromatic heterocycles. The highest BCUT2D eigenvalue weighted by atomic mass is 16.5. The molecule has 0 aliphatic carbocycles. The Morgan fingerprint density at radius 1 is 0.635 bits per heavy atom. The number of nitrogens with zero attached hydrogens (tertiary/aromatic N) is 2. The first-order chi connectivity index (χ1) is 25.0. The molecule has 14 nitrogen and oxygen atoms in total. The molecule has 52 heavy (non-hydrogen) atoms. The number of rotatable bonds is 17. The molecule has 2 heterocycles. The number of pyridine rings is 2. The zero-order valence-electron chi connectivity index (χ0n) is 30.2. The maximum Gasteiger partial charge on any atom is 0.302 e. The van der Waals surface area contributed by atoms with Crippen LogP contribution in [0, 0.1) is 13.8 Å². The molecule has 0 saturated carbocycles. The van der Waals surface area contributed by atoms with E-state index in [0.717, 1.165) is 33.4 Å². The fourth-order valence-corrected chi connectivity index (χ4v) is 5.30. The van der Waals surface area contributed by atoms with Crippen molar-refractivity contribution < 1.29 is 38.1 Å². The van der Waals surface area contributed by atoms with Crippen LogP contribution >= 0.6 is 0 Å². The Kier molecular flexibility index (Phi) is 14.2. The zero-order valence-corrected chi connectivity index (χ0v) is 30.2. The highest BCUT2D eigenvalue weighted by Gasteiger charge is 2.18. The van der Waals surface area contributed by atoms with Gasteiger partial charge in [-0.3, -0.25) is 29.1 Å². The van der Waals surface area contributed by atoms with E-state index in [-0.39, 0.29) is 36.5 Å². The van der Waals surface area contributed by atoms with Crippen LogP contribution in [0.5, 0.6) is 11.5 Å². The summed E-state index contributed by atoms with van der Waals surface area (Å²) < 4.78 is 20.9. The molecule has 4 aromatic rings. The van der Waals surface area contributed by atoms with E-state index in [1.165, 1.54) is 28.1 Å². The smallest absolute Gasteiger partial charge is 0.302 e. The summed E-state index contributed by atoms with van der Waals surface area (Å²) in [6.45, 7) is 8.76. The number of hydrogen-bond acceptors (Lipinski definition) is 12. The number of carbonyl (C=O) groups excluding carboxylic acids is 4. The van der Waals surface area contributed by atoms with Crippen LogP contribution in [0.15, 0.2) is 60.9 Å². The van der Waals surface area contributed by atoms with E-state index in [0.29, 0.717) is 49.1 Å². The molecular formula is C38H44N6O8. The van der Waals surface area contributed by atoms with Crippen LogP contribution in [0.3, 0.4) is 0 Å². The van der Waals surface area contributed by atoms with Gasteiger partial charge in [0.15, 0.2) is 0 Å². The first kappa shape index (κ1) is 38.9. The Bertz CT molecular complexity index is 1780. The summed E-state index contributed by atoms with van der Waals surface area (Å²) in [5.41, 5.74) is 6.46. The number of methoxy groups -OCH3 is 2. The zero-order chi connectivity index (χ0) is 37.6. The quantitative estimate of drug-likeness (QED) is 0.0886. The number of benzene rings is 2. The Balaban J connectivity index is 1.45. The fraction of sp³-hybridized carbons (Fsp3) is 0.316. The van der Waals surface area contributed by atoms with Crippen molar-refractivity contribution in [3.05, 3.63) is 94.6 Å². The summed E-state index contributed by atoms with van der Waals surface area (Å²) in [6, 6.07) is 14.4. The maximum absolute atomic E-state index is 13.3. The fourth-order valence-electron chi connectivity index (χ4n) is 5.30. The average molecular weight is 713 g/mol. The van der Waals surface area contributed by atoms with Crippen LogP contribution in [0.1, 0.15) is 57.1 Å². The van der Waals surface area contributed by atoms with Gasteiger partial charge in [0.25, 0.3) is 11.8 Å². The van der Waals surface area contributed by atoms with Gasteiger partial charge in [-0.25, -0.2) is 0 Å². The molecule has 14 heteroatoms. The lowest BCUT2D eigenvalue weighted by Crippen LogP contribution is -2.21. The number of amides is 2. The van der Waals surface area contributed by atoms with Crippen LogP contribution < -0.4 is 30.7 Å². The van der Waals surface area contributed by atoms with Gasteiger partial charge in [-0.05, 0) is 48.2 Å². The van der Waals surface area contributed by atoms with Gasteiger partial charge >= 0.3 is 11.9 Å². The lowest BCUT2D eigenvalue weighted by Gasteiger charge is -2.17. The van der Waals surface area contributed by atoms with E-state index in [1.807, 2.05) is 50.2 Å². The highest BCUT2D eigenvalue weighted by molar-refractivity contribution is 6.05. The third kappa shape index (κ3) is 10.6. The number of ether oxygens (including phenoxy) is 4. The Morgan fingerprint density at radius 2 is 1.04 bits per heavy atom. The summed E-state index contributed by atoms with van der Waals surface area (Å²) >= 11 is 0. The van der Waals surface area contributed by atoms with Crippen LogP contribution in [-0.2, 0) is 32.2 Å². The largest absolute Gasteiger partial charge is 0.496 e. The van der Waals surface area contributed by atoms with Crippen molar-refractivity contribution in [2.45, 2.75) is 40.8 Å². The number of carbonyl (C=O) groups is 4. The molecule has 4 N–H and O–H groups in total. The van der Waals surface area contributed by atoms with E-state index >= 15 is 0 Å². The monoisotopic (exact) mass is 712 g/mol. The summed E-state index contributed by atoms with van der Waals surface area (Å²) in [5, 5.41) is 12.2. The van der Waals surface area contributed by atoms with Crippen molar-refractivity contribution >= 4 is 35.1 Å². The van der Waals surface area contributed by atoms with Crippen molar-refractivity contribution in [2.75, 3.05) is 51.2 Å². The van der Waals surface area contributed by atoms with Crippen LogP contribution in [0.2, 0.25) is 0 Å². The predicted octanol–water partition coefficient (Wildman–Crippen LogP) is 4.59. The van der Waals surface area contributed by atoms with E-state index < -0.39 is 11.8 Å². The molecule has 274 valence electrons. The van der Waals surface area contributed by atoms with Gasteiger partial charge in [-0.2, -0.15) is 0 Å². The third-order valence-corrected chi connectivity index (χ3v) is 8.05. The van der Waals surface area contributed by atoms with Gasteiger partial charge in [-0.15, -0.1) is 0 Å². The molecule has 0 unspecified atom stereocenters. The van der Waals surface area contributed by atoms with Gasteiger partial charge < -0.3 is 40.2 Å². The first-order valence-electron chi connectivity index (χ1n) is 16.6. The molecule has 0 spiro atoms. The molecule has 0 atom stereocenters. The van der Waals surface area contributed by atoms with E-state index in [1.54, 1.807) is 24.5 Å².